The van der Waals surface area contributed by atoms with Crippen molar-refractivity contribution in [1.29, 1.82) is 0 Å². The number of para-hydroxylation sites is 2. The molecule has 7 heteroatoms. The molecule has 2 aromatic carbocycles. The van der Waals surface area contributed by atoms with Crippen LogP contribution in [0, 0.1) is 0 Å². The molecule has 1 aliphatic heterocycles. The molecule has 0 radical (unpaired) electrons. The molecule has 1 N–H and O–H groups in total. The van der Waals surface area contributed by atoms with E-state index in [1.54, 1.807) is 4.57 Å². The second-order valence-corrected chi connectivity index (χ2v) is 12.3. The van der Waals surface area contributed by atoms with Gasteiger partial charge in [0.1, 0.15) is 5.60 Å². The van der Waals surface area contributed by atoms with Crippen molar-refractivity contribution in [2.24, 2.45) is 0 Å². The van der Waals surface area contributed by atoms with Gasteiger partial charge in [0.2, 0.25) is 0 Å². The van der Waals surface area contributed by atoms with Crippen LogP contribution in [0.3, 0.4) is 0 Å². The molecule has 0 atom stereocenters. The zero-order valence-corrected chi connectivity index (χ0v) is 23.8. The van der Waals surface area contributed by atoms with Gasteiger partial charge in [-0.15, -0.1) is 0 Å². The number of carbonyl (C=O) groups excluding carboxylic acids is 1. The number of fused-ring (bicyclic) bond motifs is 1. The van der Waals surface area contributed by atoms with Crippen molar-refractivity contribution in [3.8, 4) is 0 Å². The lowest BCUT2D eigenvalue weighted by Gasteiger charge is -2.47. The summed E-state index contributed by atoms with van der Waals surface area (Å²) in [6, 6.07) is 19.3. The van der Waals surface area contributed by atoms with E-state index in [-0.39, 0.29) is 17.3 Å². The molecule has 2 heterocycles. The Bertz CT molecular complexity index is 1300. The average molecular weight is 533 g/mol. The van der Waals surface area contributed by atoms with Gasteiger partial charge < -0.3 is 10.1 Å². The summed E-state index contributed by atoms with van der Waals surface area (Å²) in [6.07, 6.45) is 9.08. The Kier molecular flexibility index (Phi) is 8.17. The summed E-state index contributed by atoms with van der Waals surface area (Å²) in [6.45, 7) is 8.24. The Labute approximate surface area is 232 Å². The van der Waals surface area contributed by atoms with Gasteiger partial charge in [-0.05, 0) is 64.2 Å². The smallest absolute Gasteiger partial charge is 0.407 e. The summed E-state index contributed by atoms with van der Waals surface area (Å²) in [5.74, 6) is 0. The Morgan fingerprint density at radius 3 is 2.18 bits per heavy atom. The quantitative estimate of drug-likeness (QED) is 0.383. The van der Waals surface area contributed by atoms with Crippen LogP contribution in [0.5, 0.6) is 0 Å². The number of carbonyl (C=O) groups is 1. The Balaban J connectivity index is 1.34. The van der Waals surface area contributed by atoms with Gasteiger partial charge in [-0.1, -0.05) is 68.1 Å². The first-order valence-corrected chi connectivity index (χ1v) is 14.8. The number of hydrogen-bond acceptors (Lipinski definition) is 4. The summed E-state index contributed by atoms with van der Waals surface area (Å²) >= 11 is 0. The average Bonchev–Trinajstić information content (AvgIpc) is 3.06. The lowest BCUT2D eigenvalue weighted by Crippen LogP contribution is -2.50. The zero-order chi connectivity index (χ0) is 27.5. The third kappa shape index (κ3) is 5.93. The highest BCUT2D eigenvalue weighted by Crippen LogP contribution is 2.43. The van der Waals surface area contributed by atoms with E-state index in [1.807, 2.05) is 43.5 Å². The van der Waals surface area contributed by atoms with Crippen molar-refractivity contribution in [2.45, 2.75) is 95.9 Å². The minimum atomic E-state index is -0.554. The highest BCUT2D eigenvalue weighted by Gasteiger charge is 2.40. The maximum absolute atomic E-state index is 13.8. The van der Waals surface area contributed by atoms with Crippen LogP contribution in [0.2, 0.25) is 0 Å². The van der Waals surface area contributed by atoms with Crippen LogP contribution in [0.1, 0.15) is 83.7 Å². The summed E-state index contributed by atoms with van der Waals surface area (Å²) < 4.78 is 9.17. The molecule has 39 heavy (non-hydrogen) atoms. The minimum absolute atomic E-state index is 0.00729. The van der Waals surface area contributed by atoms with Crippen molar-refractivity contribution in [1.82, 2.24) is 19.4 Å². The molecule has 1 saturated carbocycles. The molecule has 0 bridgehead atoms. The molecule has 0 unspecified atom stereocenters. The number of ether oxygens (including phenoxy) is 1. The van der Waals surface area contributed by atoms with Crippen LogP contribution in [0.15, 0.2) is 59.4 Å². The van der Waals surface area contributed by atoms with Crippen molar-refractivity contribution in [3.63, 3.8) is 0 Å². The molecule has 0 spiro atoms. The van der Waals surface area contributed by atoms with E-state index in [0.717, 1.165) is 37.0 Å². The Morgan fingerprint density at radius 2 is 1.54 bits per heavy atom. The molecule has 7 nitrogen and oxygen atoms in total. The van der Waals surface area contributed by atoms with Crippen LogP contribution in [0.4, 0.5) is 4.79 Å². The SMILES string of the molecule is CC(C)(C)OC(=O)NCCn1c(=O)n(C2CCN(C3(c4ccccc4)CCCCCC3)CC2)c2ccccc21. The van der Waals surface area contributed by atoms with Crippen molar-refractivity contribution < 1.29 is 9.53 Å². The van der Waals surface area contributed by atoms with E-state index in [9.17, 15) is 9.59 Å². The molecule has 1 aromatic heterocycles. The number of benzene rings is 2. The van der Waals surface area contributed by atoms with E-state index >= 15 is 0 Å². The molecular formula is C32H44N4O3. The van der Waals surface area contributed by atoms with Crippen LogP contribution in [-0.2, 0) is 16.8 Å². The summed E-state index contributed by atoms with van der Waals surface area (Å²) in [7, 11) is 0. The first-order chi connectivity index (χ1) is 18.8. The number of imidazole rings is 1. The summed E-state index contributed by atoms with van der Waals surface area (Å²) in [5.41, 5.74) is 2.91. The second kappa shape index (κ2) is 11.6. The van der Waals surface area contributed by atoms with Gasteiger partial charge in [0.25, 0.3) is 0 Å². The molecular weight excluding hydrogens is 488 g/mol. The molecule has 1 saturated heterocycles. The van der Waals surface area contributed by atoms with Gasteiger partial charge in [-0.2, -0.15) is 0 Å². The third-order valence-corrected chi connectivity index (χ3v) is 8.55. The fourth-order valence-corrected chi connectivity index (χ4v) is 6.79. The topological polar surface area (TPSA) is 68.5 Å². The monoisotopic (exact) mass is 532 g/mol. The Hall–Kier alpha value is -3.06. The first-order valence-electron chi connectivity index (χ1n) is 14.8. The number of nitrogens with one attached hydrogen (secondary N) is 1. The molecule has 3 aromatic rings. The van der Waals surface area contributed by atoms with Crippen molar-refractivity contribution in [3.05, 3.63) is 70.6 Å². The van der Waals surface area contributed by atoms with Gasteiger partial charge in [0, 0.05) is 37.8 Å². The number of aromatic nitrogens is 2. The van der Waals surface area contributed by atoms with Gasteiger partial charge in [0.05, 0.1) is 11.0 Å². The van der Waals surface area contributed by atoms with Crippen molar-refractivity contribution in [2.75, 3.05) is 19.6 Å². The number of piperidine rings is 1. The lowest BCUT2D eigenvalue weighted by atomic mass is 9.79. The highest BCUT2D eigenvalue weighted by molar-refractivity contribution is 5.76. The fourth-order valence-electron chi connectivity index (χ4n) is 6.79. The van der Waals surface area contributed by atoms with Gasteiger partial charge in [-0.3, -0.25) is 14.0 Å². The minimum Gasteiger partial charge on any atom is -0.444 e. The first kappa shape index (κ1) is 27.5. The number of alkyl carbamates (subject to hydrolysis) is 1. The molecule has 5 rings (SSSR count). The van der Waals surface area contributed by atoms with Crippen LogP contribution < -0.4 is 11.0 Å². The maximum Gasteiger partial charge on any atom is 0.407 e. The number of rotatable bonds is 6. The summed E-state index contributed by atoms with van der Waals surface area (Å²) in [4.78, 5) is 28.6. The Morgan fingerprint density at radius 1 is 0.923 bits per heavy atom. The van der Waals surface area contributed by atoms with E-state index in [2.05, 4.69) is 46.6 Å². The standard InChI is InChI=1S/C32H44N4O3/c1-31(2,3)39-29(37)33-21-24-35-27-15-9-10-16-28(27)36(30(35)38)26-17-22-34(23-18-26)32(19-11-4-5-12-20-32)25-13-7-6-8-14-25/h6-10,13-16,26H,4-5,11-12,17-24H2,1-3H3,(H,33,37). The van der Waals surface area contributed by atoms with Gasteiger partial charge in [-0.25, -0.2) is 9.59 Å². The fraction of sp³-hybridized carbons (Fsp3) is 0.562. The van der Waals surface area contributed by atoms with Crippen LogP contribution in [0.25, 0.3) is 11.0 Å². The number of hydrogen-bond donors (Lipinski definition) is 1. The molecule has 1 aliphatic carbocycles. The van der Waals surface area contributed by atoms with E-state index in [0.29, 0.717) is 13.1 Å². The molecule has 1 amide bonds. The third-order valence-electron chi connectivity index (χ3n) is 8.55. The van der Waals surface area contributed by atoms with Crippen LogP contribution in [-0.4, -0.2) is 45.4 Å². The molecule has 2 aliphatic rings. The number of likely N-dealkylation sites (tertiary alicyclic amines) is 1. The number of nitrogens with zero attached hydrogens (tertiary/aromatic N) is 3. The predicted octanol–water partition coefficient (Wildman–Crippen LogP) is 6.21. The van der Waals surface area contributed by atoms with E-state index < -0.39 is 11.7 Å². The van der Waals surface area contributed by atoms with Crippen molar-refractivity contribution >= 4 is 17.1 Å². The summed E-state index contributed by atoms with van der Waals surface area (Å²) in [5, 5.41) is 2.80. The lowest BCUT2D eigenvalue weighted by molar-refractivity contribution is 0.0354. The van der Waals surface area contributed by atoms with E-state index in [1.165, 1.54) is 44.1 Å². The van der Waals surface area contributed by atoms with E-state index in [4.69, 9.17) is 4.74 Å². The highest BCUT2D eigenvalue weighted by atomic mass is 16.6. The second-order valence-electron chi connectivity index (χ2n) is 12.3. The molecule has 2 fully saturated rings. The normalized spacial score (nSPS) is 19.1. The maximum atomic E-state index is 13.8. The predicted molar refractivity (Wildman–Crippen MR) is 156 cm³/mol. The number of amides is 1. The van der Waals surface area contributed by atoms with Crippen LogP contribution >= 0.6 is 0 Å². The van der Waals surface area contributed by atoms with Gasteiger partial charge in [0.15, 0.2) is 0 Å². The largest absolute Gasteiger partial charge is 0.444 e. The molecule has 210 valence electrons. The van der Waals surface area contributed by atoms with Gasteiger partial charge >= 0.3 is 11.8 Å². The zero-order valence-electron chi connectivity index (χ0n) is 23.8.